The molecule has 0 saturated carbocycles. The molecule has 0 aliphatic carbocycles. The first-order chi connectivity index (χ1) is 10.3. The van der Waals surface area contributed by atoms with Crippen molar-refractivity contribution < 1.29 is 14.7 Å². The van der Waals surface area contributed by atoms with E-state index in [2.05, 4.69) is 10.2 Å². The van der Waals surface area contributed by atoms with Gasteiger partial charge in [0.2, 0.25) is 5.91 Å². The zero-order valence-corrected chi connectivity index (χ0v) is 14.0. The Kier molecular flexibility index (Phi) is 5.10. The smallest absolute Gasteiger partial charge is 0.311 e. The average Bonchev–Trinajstić information content (AvgIpc) is 2.93. The van der Waals surface area contributed by atoms with Crippen molar-refractivity contribution in [1.29, 1.82) is 0 Å². The minimum absolute atomic E-state index is 0.0459. The summed E-state index contributed by atoms with van der Waals surface area (Å²) in [6.07, 6.45) is 2.99. The maximum Gasteiger partial charge on any atom is 0.311 e. The van der Waals surface area contributed by atoms with Crippen molar-refractivity contribution in [3.63, 3.8) is 0 Å². The van der Waals surface area contributed by atoms with Crippen LogP contribution in [0.15, 0.2) is 11.5 Å². The van der Waals surface area contributed by atoms with Gasteiger partial charge in [-0.2, -0.15) is 0 Å². The van der Waals surface area contributed by atoms with Crippen LogP contribution in [0.4, 0.5) is 0 Å². The van der Waals surface area contributed by atoms with Crippen LogP contribution in [-0.4, -0.2) is 55.5 Å². The Morgan fingerprint density at radius 2 is 2.23 bits per heavy atom. The molecule has 7 nitrogen and oxygen atoms in total. The molecule has 0 radical (unpaired) electrons. The number of carbonyl (C=O) groups is 2. The summed E-state index contributed by atoms with van der Waals surface area (Å²) in [5.74, 6) is -0.631. The van der Waals surface area contributed by atoms with Crippen molar-refractivity contribution in [2.45, 2.75) is 44.8 Å². The lowest BCUT2D eigenvalue weighted by Gasteiger charge is -2.37. The van der Waals surface area contributed by atoms with Gasteiger partial charge in [0.05, 0.1) is 11.2 Å². The van der Waals surface area contributed by atoms with Crippen LogP contribution >= 0.6 is 11.8 Å². The molecule has 122 valence electrons. The highest BCUT2D eigenvalue weighted by molar-refractivity contribution is 7.99. The molecule has 2 heterocycles. The molecule has 0 bridgehead atoms. The Bertz CT molecular complexity index is 560. The average molecular weight is 326 g/mol. The molecule has 1 aromatic heterocycles. The summed E-state index contributed by atoms with van der Waals surface area (Å²) < 4.78 is 1.91. The standard InChI is InChI=1S/C14H22N4O3S/c1-10(2)18-9-15-16-13(18)22-7-11(19)17-6-4-5-14(3,8-17)12(20)21/h9-10H,4-8H2,1-3H3,(H,20,21). The monoisotopic (exact) mass is 326 g/mol. The molecule has 1 N–H and O–H groups in total. The molecule has 8 heteroatoms. The van der Waals surface area contributed by atoms with Gasteiger partial charge in [0, 0.05) is 19.1 Å². The summed E-state index contributed by atoms with van der Waals surface area (Å²) in [4.78, 5) is 25.3. The molecule has 1 aromatic rings. The lowest BCUT2D eigenvalue weighted by molar-refractivity contribution is -0.153. The fraction of sp³-hybridized carbons (Fsp3) is 0.714. The first-order valence-corrected chi connectivity index (χ1v) is 8.35. The Balaban J connectivity index is 1.95. The lowest BCUT2D eigenvalue weighted by Crippen LogP contribution is -2.48. The largest absolute Gasteiger partial charge is 0.481 e. The molecule has 22 heavy (non-hydrogen) atoms. The molecule has 1 atom stereocenters. The number of carboxylic acids is 1. The second kappa shape index (κ2) is 6.68. The van der Waals surface area contributed by atoms with E-state index in [0.29, 0.717) is 18.1 Å². The normalized spacial score (nSPS) is 22.1. The molecule has 1 fully saturated rings. The minimum Gasteiger partial charge on any atom is -0.481 e. The highest BCUT2D eigenvalue weighted by Gasteiger charge is 2.39. The Hall–Kier alpha value is -1.57. The predicted molar refractivity (Wildman–Crippen MR) is 82.7 cm³/mol. The molecule has 0 aromatic carbocycles. The molecule has 2 rings (SSSR count). The van der Waals surface area contributed by atoms with Crippen LogP contribution in [-0.2, 0) is 9.59 Å². The van der Waals surface area contributed by atoms with Crippen molar-refractivity contribution in [2.75, 3.05) is 18.8 Å². The maximum atomic E-state index is 12.3. The minimum atomic E-state index is -0.837. The number of carbonyl (C=O) groups excluding carboxylic acids is 1. The first-order valence-electron chi connectivity index (χ1n) is 7.37. The summed E-state index contributed by atoms with van der Waals surface area (Å²) >= 11 is 1.34. The van der Waals surface area contributed by atoms with Gasteiger partial charge in [-0.3, -0.25) is 9.59 Å². The van der Waals surface area contributed by atoms with Crippen LogP contribution in [0.3, 0.4) is 0 Å². The van der Waals surface area contributed by atoms with Crippen LogP contribution in [0.2, 0.25) is 0 Å². The van der Waals surface area contributed by atoms with Gasteiger partial charge in [0.15, 0.2) is 5.16 Å². The fourth-order valence-electron chi connectivity index (χ4n) is 2.53. The number of amides is 1. The molecular weight excluding hydrogens is 304 g/mol. The van der Waals surface area contributed by atoms with Crippen LogP contribution in [0.5, 0.6) is 0 Å². The molecule has 1 amide bonds. The van der Waals surface area contributed by atoms with Gasteiger partial charge in [-0.15, -0.1) is 10.2 Å². The third-order valence-electron chi connectivity index (χ3n) is 3.99. The van der Waals surface area contributed by atoms with Crippen molar-refractivity contribution in [1.82, 2.24) is 19.7 Å². The molecule has 1 aliphatic rings. The van der Waals surface area contributed by atoms with Gasteiger partial charge in [-0.25, -0.2) is 0 Å². The summed E-state index contributed by atoms with van der Waals surface area (Å²) in [7, 11) is 0. The van der Waals surface area contributed by atoms with Gasteiger partial charge < -0.3 is 14.6 Å². The van der Waals surface area contributed by atoms with E-state index in [4.69, 9.17) is 0 Å². The van der Waals surface area contributed by atoms with Gasteiger partial charge >= 0.3 is 5.97 Å². The van der Waals surface area contributed by atoms with Crippen LogP contribution in [0, 0.1) is 5.41 Å². The van der Waals surface area contributed by atoms with Crippen molar-refractivity contribution in [3.8, 4) is 0 Å². The van der Waals surface area contributed by atoms with Crippen molar-refractivity contribution in [2.24, 2.45) is 5.41 Å². The van der Waals surface area contributed by atoms with Crippen LogP contribution in [0.25, 0.3) is 0 Å². The second-order valence-electron chi connectivity index (χ2n) is 6.19. The third kappa shape index (κ3) is 3.60. The molecule has 1 aliphatic heterocycles. The zero-order valence-electron chi connectivity index (χ0n) is 13.2. The van der Waals surface area contributed by atoms with E-state index in [1.165, 1.54) is 11.8 Å². The molecule has 1 saturated heterocycles. The third-order valence-corrected chi connectivity index (χ3v) is 4.93. The number of likely N-dealkylation sites (tertiary alicyclic amines) is 1. The summed E-state index contributed by atoms with van der Waals surface area (Å²) in [6.45, 7) is 6.66. The number of carboxylic acid groups (broad SMARTS) is 1. The Labute approximate surface area is 134 Å². The molecule has 0 spiro atoms. The number of thioether (sulfide) groups is 1. The zero-order chi connectivity index (χ0) is 16.3. The van der Waals surface area contributed by atoms with E-state index in [-0.39, 0.29) is 24.2 Å². The van der Waals surface area contributed by atoms with E-state index in [0.717, 1.165) is 6.42 Å². The van der Waals surface area contributed by atoms with E-state index in [1.54, 1.807) is 18.2 Å². The molecular formula is C14H22N4O3S. The van der Waals surface area contributed by atoms with E-state index >= 15 is 0 Å². The second-order valence-corrected chi connectivity index (χ2v) is 7.13. The topological polar surface area (TPSA) is 88.3 Å². The van der Waals surface area contributed by atoms with E-state index in [9.17, 15) is 14.7 Å². The number of nitrogens with zero attached hydrogens (tertiary/aromatic N) is 4. The number of rotatable bonds is 5. The fourth-order valence-corrected chi connectivity index (χ4v) is 3.48. The van der Waals surface area contributed by atoms with Gasteiger partial charge in [-0.1, -0.05) is 11.8 Å². The van der Waals surface area contributed by atoms with Gasteiger partial charge in [-0.05, 0) is 33.6 Å². The number of hydrogen-bond donors (Lipinski definition) is 1. The van der Waals surface area contributed by atoms with Crippen LogP contribution in [0.1, 0.15) is 39.7 Å². The number of aromatic nitrogens is 3. The van der Waals surface area contributed by atoms with E-state index in [1.807, 2.05) is 18.4 Å². The van der Waals surface area contributed by atoms with E-state index < -0.39 is 11.4 Å². The van der Waals surface area contributed by atoms with Crippen molar-refractivity contribution in [3.05, 3.63) is 6.33 Å². The van der Waals surface area contributed by atoms with Gasteiger partial charge in [0.25, 0.3) is 0 Å². The highest BCUT2D eigenvalue weighted by Crippen LogP contribution is 2.30. The number of hydrogen-bond acceptors (Lipinski definition) is 5. The number of aliphatic carboxylic acids is 1. The lowest BCUT2D eigenvalue weighted by atomic mass is 9.82. The maximum absolute atomic E-state index is 12.3. The first kappa shape index (κ1) is 16.8. The Morgan fingerprint density at radius 1 is 1.50 bits per heavy atom. The van der Waals surface area contributed by atoms with Crippen molar-refractivity contribution >= 4 is 23.6 Å². The Morgan fingerprint density at radius 3 is 2.86 bits per heavy atom. The van der Waals surface area contributed by atoms with Gasteiger partial charge in [0.1, 0.15) is 6.33 Å². The van der Waals surface area contributed by atoms with Crippen LogP contribution < -0.4 is 0 Å². The molecule has 1 unspecified atom stereocenters. The summed E-state index contributed by atoms with van der Waals surface area (Å²) in [5.41, 5.74) is -0.837. The summed E-state index contributed by atoms with van der Waals surface area (Å²) in [5, 5.41) is 17.9. The number of piperidine rings is 1. The predicted octanol–water partition coefficient (Wildman–Crippen LogP) is 1.66. The quantitative estimate of drug-likeness (QED) is 0.828. The SMILES string of the molecule is CC(C)n1cnnc1SCC(=O)N1CCCC(C)(C(=O)O)C1. The highest BCUT2D eigenvalue weighted by atomic mass is 32.2. The summed E-state index contributed by atoms with van der Waals surface area (Å²) in [6, 6.07) is 0.234.